The van der Waals surface area contributed by atoms with E-state index in [0.717, 1.165) is 38.5 Å². The van der Waals surface area contributed by atoms with Gasteiger partial charge in [-0.25, -0.2) is 0 Å². The third-order valence-electron chi connectivity index (χ3n) is 5.34. The second-order valence-electron chi connectivity index (χ2n) is 7.13. The third-order valence-corrected chi connectivity index (χ3v) is 5.34. The molecule has 1 aliphatic rings. The number of fused-ring (bicyclic) bond motifs is 1. The van der Waals surface area contributed by atoms with E-state index >= 15 is 0 Å². The van der Waals surface area contributed by atoms with Crippen molar-refractivity contribution in [3.63, 3.8) is 0 Å². The first-order chi connectivity index (χ1) is 13.2. The molecule has 1 heterocycles. The molecular weight excluding hydrogens is 336 g/mol. The second-order valence-corrected chi connectivity index (χ2v) is 7.13. The van der Waals surface area contributed by atoms with Gasteiger partial charge in [-0.3, -0.25) is 4.79 Å². The number of methoxy groups -OCH3 is 1. The summed E-state index contributed by atoms with van der Waals surface area (Å²) in [6, 6.07) is 22.6. The van der Waals surface area contributed by atoms with Crippen molar-refractivity contribution in [2.45, 2.75) is 6.54 Å². The molecule has 0 aromatic heterocycles. The number of nitrogens with zero attached hydrogens (tertiary/aromatic N) is 1. The molecule has 4 nitrogen and oxygen atoms in total. The van der Waals surface area contributed by atoms with Crippen LogP contribution in [0.5, 0.6) is 5.75 Å². The molecule has 3 aromatic carbocycles. The maximum atomic E-state index is 12.7. The second kappa shape index (κ2) is 7.80. The molecule has 0 radical (unpaired) electrons. The predicted octanol–water partition coefficient (Wildman–Crippen LogP) is 2.39. The van der Waals surface area contributed by atoms with Gasteiger partial charge in [0.1, 0.15) is 12.3 Å². The van der Waals surface area contributed by atoms with Crippen molar-refractivity contribution in [3.05, 3.63) is 77.9 Å². The lowest BCUT2D eigenvalue weighted by Gasteiger charge is -2.32. The average Bonchev–Trinajstić information content (AvgIpc) is 2.74. The normalized spacial score (nSPS) is 15.1. The van der Waals surface area contributed by atoms with E-state index in [1.54, 1.807) is 7.11 Å². The molecule has 27 heavy (non-hydrogen) atoms. The highest BCUT2D eigenvalue weighted by Gasteiger charge is 2.24. The van der Waals surface area contributed by atoms with Gasteiger partial charge in [-0.1, -0.05) is 42.5 Å². The zero-order valence-corrected chi connectivity index (χ0v) is 15.7. The zero-order chi connectivity index (χ0) is 18.6. The van der Waals surface area contributed by atoms with E-state index in [1.165, 1.54) is 21.2 Å². The summed E-state index contributed by atoms with van der Waals surface area (Å²) in [7, 11) is 1.62. The van der Waals surface area contributed by atoms with Gasteiger partial charge < -0.3 is 14.5 Å². The van der Waals surface area contributed by atoms with Gasteiger partial charge in [0, 0.05) is 11.1 Å². The van der Waals surface area contributed by atoms with Crippen molar-refractivity contribution < 1.29 is 14.4 Å². The molecule has 4 rings (SSSR count). The molecule has 1 aliphatic heterocycles. The van der Waals surface area contributed by atoms with E-state index in [0.29, 0.717) is 5.56 Å². The van der Waals surface area contributed by atoms with Crippen LogP contribution in [0.1, 0.15) is 15.9 Å². The van der Waals surface area contributed by atoms with E-state index in [2.05, 4.69) is 42.5 Å². The van der Waals surface area contributed by atoms with Crippen molar-refractivity contribution in [3.8, 4) is 5.75 Å². The fourth-order valence-electron chi connectivity index (χ4n) is 3.78. The topological polar surface area (TPSA) is 34.0 Å². The Bertz CT molecular complexity index is 946. The number of hydrogen-bond acceptors (Lipinski definition) is 2. The Hall–Kier alpha value is -2.85. The molecule has 1 N–H and O–H groups in total. The van der Waals surface area contributed by atoms with E-state index in [-0.39, 0.29) is 5.91 Å². The summed E-state index contributed by atoms with van der Waals surface area (Å²) in [6.45, 7) is 4.54. The molecule has 1 saturated heterocycles. The number of piperazine rings is 1. The number of hydrogen-bond donors (Lipinski definition) is 1. The van der Waals surface area contributed by atoms with Gasteiger partial charge in [0.05, 0.1) is 33.3 Å². The molecule has 0 unspecified atom stereocenters. The summed E-state index contributed by atoms with van der Waals surface area (Å²) in [6.07, 6.45) is 0. The van der Waals surface area contributed by atoms with Gasteiger partial charge in [0.15, 0.2) is 0 Å². The lowest BCUT2D eigenvalue weighted by atomic mass is 10.1. The first-order valence-corrected chi connectivity index (χ1v) is 9.47. The van der Waals surface area contributed by atoms with Crippen molar-refractivity contribution in [1.82, 2.24) is 4.90 Å². The van der Waals surface area contributed by atoms with Gasteiger partial charge >= 0.3 is 0 Å². The highest BCUT2D eigenvalue weighted by atomic mass is 16.5. The van der Waals surface area contributed by atoms with Crippen LogP contribution >= 0.6 is 0 Å². The fraction of sp³-hybridized carbons (Fsp3) is 0.261. The molecule has 1 amide bonds. The van der Waals surface area contributed by atoms with Crippen molar-refractivity contribution >= 4 is 16.7 Å². The molecule has 0 atom stereocenters. The molecular formula is C23H25N2O2+. The summed E-state index contributed by atoms with van der Waals surface area (Å²) >= 11 is 0. The van der Waals surface area contributed by atoms with Crippen LogP contribution in [0.15, 0.2) is 66.7 Å². The standard InChI is InChI=1S/C23H24N2O2/c1-27-22-8-4-7-21(16-22)23(26)25-13-11-24(12-14-25)17-18-9-10-19-5-2-3-6-20(19)15-18/h2-10,15-16H,11-14,17H2,1H3/p+1. The average molecular weight is 361 g/mol. The zero-order valence-electron chi connectivity index (χ0n) is 15.7. The smallest absolute Gasteiger partial charge is 0.254 e. The van der Waals surface area contributed by atoms with Gasteiger partial charge in [0.2, 0.25) is 0 Å². The number of benzene rings is 3. The molecule has 0 bridgehead atoms. The molecule has 1 fully saturated rings. The lowest BCUT2D eigenvalue weighted by Crippen LogP contribution is -3.13. The quantitative estimate of drug-likeness (QED) is 0.774. The molecule has 0 saturated carbocycles. The SMILES string of the molecule is COc1cccc(C(=O)N2CC[NH+](Cc3ccc4ccccc4c3)CC2)c1. The minimum Gasteiger partial charge on any atom is -0.497 e. The highest BCUT2D eigenvalue weighted by Crippen LogP contribution is 2.16. The summed E-state index contributed by atoms with van der Waals surface area (Å²) in [5.74, 6) is 0.820. The summed E-state index contributed by atoms with van der Waals surface area (Å²) < 4.78 is 5.23. The Kier molecular flexibility index (Phi) is 5.07. The lowest BCUT2D eigenvalue weighted by molar-refractivity contribution is -0.917. The Morgan fingerprint density at radius 1 is 0.963 bits per heavy atom. The Morgan fingerprint density at radius 3 is 2.52 bits per heavy atom. The van der Waals surface area contributed by atoms with Crippen LogP contribution in [0.3, 0.4) is 0 Å². The molecule has 3 aromatic rings. The number of carbonyl (C=O) groups is 1. The highest BCUT2D eigenvalue weighted by molar-refractivity contribution is 5.94. The first kappa shape index (κ1) is 17.6. The Morgan fingerprint density at radius 2 is 1.74 bits per heavy atom. The summed E-state index contributed by atoms with van der Waals surface area (Å²) in [5, 5.41) is 2.58. The van der Waals surface area contributed by atoms with Gasteiger partial charge in [-0.15, -0.1) is 0 Å². The van der Waals surface area contributed by atoms with Crippen LogP contribution in [0.25, 0.3) is 10.8 Å². The van der Waals surface area contributed by atoms with E-state index in [9.17, 15) is 4.79 Å². The maximum Gasteiger partial charge on any atom is 0.254 e. The predicted molar refractivity (Wildman–Crippen MR) is 107 cm³/mol. The van der Waals surface area contributed by atoms with Crippen molar-refractivity contribution in [2.75, 3.05) is 33.3 Å². The molecule has 0 spiro atoms. The fourth-order valence-corrected chi connectivity index (χ4v) is 3.78. The number of rotatable bonds is 4. The minimum absolute atomic E-state index is 0.0960. The van der Waals surface area contributed by atoms with Gasteiger partial charge in [-0.2, -0.15) is 0 Å². The minimum atomic E-state index is 0.0960. The van der Waals surface area contributed by atoms with Crippen LogP contribution in [0.2, 0.25) is 0 Å². The van der Waals surface area contributed by atoms with E-state index in [1.807, 2.05) is 29.2 Å². The first-order valence-electron chi connectivity index (χ1n) is 9.47. The Balaban J connectivity index is 1.37. The maximum absolute atomic E-state index is 12.7. The summed E-state index contributed by atoms with van der Waals surface area (Å²) in [4.78, 5) is 16.2. The Labute approximate surface area is 160 Å². The van der Waals surface area contributed by atoms with Gasteiger partial charge in [0.25, 0.3) is 5.91 Å². The number of amides is 1. The number of carbonyl (C=O) groups excluding carboxylic acids is 1. The third kappa shape index (κ3) is 3.96. The molecule has 0 aliphatic carbocycles. The summed E-state index contributed by atoms with van der Waals surface area (Å²) in [5.41, 5.74) is 2.06. The molecule has 4 heteroatoms. The van der Waals surface area contributed by atoms with Crippen LogP contribution in [-0.2, 0) is 6.54 Å². The van der Waals surface area contributed by atoms with Crippen LogP contribution in [0.4, 0.5) is 0 Å². The van der Waals surface area contributed by atoms with E-state index in [4.69, 9.17) is 4.74 Å². The number of quaternary nitrogens is 1. The van der Waals surface area contributed by atoms with E-state index < -0.39 is 0 Å². The monoisotopic (exact) mass is 361 g/mol. The number of nitrogens with one attached hydrogen (secondary N) is 1. The van der Waals surface area contributed by atoms with Crippen molar-refractivity contribution in [1.29, 1.82) is 0 Å². The van der Waals surface area contributed by atoms with Crippen LogP contribution in [0, 0.1) is 0 Å². The van der Waals surface area contributed by atoms with Gasteiger partial charge in [-0.05, 0) is 35.0 Å². The van der Waals surface area contributed by atoms with Crippen LogP contribution < -0.4 is 9.64 Å². The largest absolute Gasteiger partial charge is 0.497 e. The molecule has 138 valence electrons. The van der Waals surface area contributed by atoms with Crippen LogP contribution in [-0.4, -0.2) is 44.1 Å². The number of ether oxygens (including phenoxy) is 1. The van der Waals surface area contributed by atoms with Crippen molar-refractivity contribution in [2.24, 2.45) is 0 Å².